The minimum Gasteiger partial charge on any atom is -0.372 e. The number of hydrogen-bond acceptors (Lipinski definition) is 3. The molecule has 1 aromatic carbocycles. The maximum absolute atomic E-state index is 13.7. The Balaban J connectivity index is 2.27. The molecule has 2 aromatic rings. The Labute approximate surface area is 109 Å². The van der Waals surface area contributed by atoms with Crippen LogP contribution in [-0.2, 0) is 0 Å². The highest BCUT2D eigenvalue weighted by atomic mass is 19.1. The van der Waals surface area contributed by atoms with Gasteiger partial charge < -0.3 is 5.32 Å². The van der Waals surface area contributed by atoms with Crippen LogP contribution in [0.1, 0.15) is 24.2 Å². The van der Waals surface area contributed by atoms with Gasteiger partial charge >= 0.3 is 0 Å². The summed E-state index contributed by atoms with van der Waals surface area (Å²) in [5.74, 6) is -1.58. The van der Waals surface area contributed by atoms with Crippen molar-refractivity contribution < 1.29 is 8.78 Å². The lowest BCUT2D eigenvalue weighted by Gasteiger charge is -2.16. The third-order valence-electron chi connectivity index (χ3n) is 2.66. The third-order valence-corrected chi connectivity index (χ3v) is 2.66. The zero-order valence-electron chi connectivity index (χ0n) is 10.2. The Bertz CT molecular complexity index is 597. The van der Waals surface area contributed by atoms with Gasteiger partial charge in [-0.2, -0.15) is 5.26 Å². The number of anilines is 1. The second kappa shape index (κ2) is 5.44. The van der Waals surface area contributed by atoms with Crippen molar-refractivity contribution in [2.24, 2.45) is 0 Å². The SMILES string of the molecule is C[C@@H](Nc1c(F)cc(C#N)cc1F)c1ccccn1. The normalized spacial score (nSPS) is 11.7. The molecule has 0 aliphatic heterocycles. The number of halogens is 2. The molecule has 1 aromatic heterocycles. The lowest BCUT2D eigenvalue weighted by Crippen LogP contribution is -2.11. The van der Waals surface area contributed by atoms with E-state index >= 15 is 0 Å². The van der Waals surface area contributed by atoms with Crippen LogP contribution in [0.2, 0.25) is 0 Å². The smallest absolute Gasteiger partial charge is 0.150 e. The van der Waals surface area contributed by atoms with Crippen LogP contribution in [0.25, 0.3) is 0 Å². The number of pyridine rings is 1. The second-order valence-corrected chi connectivity index (χ2v) is 4.05. The predicted octanol–water partition coefficient (Wildman–Crippen LogP) is 3.40. The van der Waals surface area contributed by atoms with Gasteiger partial charge in [0.1, 0.15) is 5.69 Å². The van der Waals surface area contributed by atoms with Gasteiger partial charge in [0.2, 0.25) is 0 Å². The Kier molecular flexibility index (Phi) is 3.71. The standard InChI is InChI=1S/C14H11F2N3/c1-9(13-4-2-3-5-18-13)19-14-11(15)6-10(8-17)7-12(14)16/h2-7,9,19H,1H3/t9-/m1/s1. The first kappa shape index (κ1) is 13.0. The largest absolute Gasteiger partial charge is 0.372 e. The summed E-state index contributed by atoms with van der Waals surface area (Å²) in [6, 6.07) is 8.67. The van der Waals surface area contributed by atoms with Gasteiger partial charge in [0, 0.05) is 6.20 Å². The Morgan fingerprint density at radius 1 is 1.26 bits per heavy atom. The third kappa shape index (κ3) is 2.86. The van der Waals surface area contributed by atoms with Gasteiger partial charge in [-0.3, -0.25) is 4.98 Å². The summed E-state index contributed by atoms with van der Waals surface area (Å²) < 4.78 is 27.4. The van der Waals surface area contributed by atoms with Crippen LogP contribution >= 0.6 is 0 Å². The molecule has 2 rings (SSSR count). The van der Waals surface area contributed by atoms with Crippen LogP contribution in [0.4, 0.5) is 14.5 Å². The summed E-state index contributed by atoms with van der Waals surface area (Å²) in [5.41, 5.74) is 0.369. The minimum absolute atomic E-state index is 0.0500. The van der Waals surface area contributed by atoms with Crippen molar-refractivity contribution in [1.29, 1.82) is 5.26 Å². The molecule has 0 amide bonds. The van der Waals surface area contributed by atoms with Crippen molar-refractivity contribution in [3.63, 3.8) is 0 Å². The van der Waals surface area contributed by atoms with Crippen LogP contribution in [-0.4, -0.2) is 4.98 Å². The van der Waals surface area contributed by atoms with E-state index in [0.717, 1.165) is 12.1 Å². The fourth-order valence-corrected chi connectivity index (χ4v) is 1.70. The van der Waals surface area contributed by atoms with E-state index in [1.165, 1.54) is 0 Å². The van der Waals surface area contributed by atoms with Crippen molar-refractivity contribution in [3.05, 3.63) is 59.4 Å². The summed E-state index contributed by atoms with van der Waals surface area (Å²) in [5, 5.41) is 11.3. The Morgan fingerprint density at radius 2 is 1.95 bits per heavy atom. The topological polar surface area (TPSA) is 48.7 Å². The van der Waals surface area contributed by atoms with Crippen LogP contribution in [0.5, 0.6) is 0 Å². The molecule has 0 unspecified atom stereocenters. The molecular weight excluding hydrogens is 248 g/mol. The van der Waals surface area contributed by atoms with E-state index in [4.69, 9.17) is 5.26 Å². The van der Waals surface area contributed by atoms with Gasteiger partial charge in [-0.1, -0.05) is 6.07 Å². The van der Waals surface area contributed by atoms with Crippen LogP contribution < -0.4 is 5.32 Å². The number of hydrogen-bond donors (Lipinski definition) is 1. The monoisotopic (exact) mass is 259 g/mol. The average Bonchev–Trinajstić information content (AvgIpc) is 2.43. The highest BCUT2D eigenvalue weighted by Gasteiger charge is 2.15. The molecule has 19 heavy (non-hydrogen) atoms. The maximum Gasteiger partial charge on any atom is 0.150 e. The maximum atomic E-state index is 13.7. The molecule has 0 fully saturated rings. The number of rotatable bonds is 3. The van der Waals surface area contributed by atoms with E-state index in [-0.39, 0.29) is 17.3 Å². The molecule has 96 valence electrons. The molecule has 0 aliphatic rings. The first-order chi connectivity index (χ1) is 9.11. The fourth-order valence-electron chi connectivity index (χ4n) is 1.70. The number of aromatic nitrogens is 1. The fraction of sp³-hybridized carbons (Fsp3) is 0.143. The number of nitrogens with zero attached hydrogens (tertiary/aromatic N) is 2. The molecule has 0 bridgehead atoms. The second-order valence-electron chi connectivity index (χ2n) is 4.05. The van der Waals surface area contributed by atoms with Crippen molar-refractivity contribution in [2.75, 3.05) is 5.32 Å². The molecule has 0 aliphatic carbocycles. The number of benzene rings is 1. The lowest BCUT2D eigenvalue weighted by atomic mass is 10.1. The van der Waals surface area contributed by atoms with E-state index in [9.17, 15) is 8.78 Å². The van der Waals surface area contributed by atoms with Gasteiger partial charge in [-0.25, -0.2) is 8.78 Å². The zero-order chi connectivity index (χ0) is 13.8. The summed E-state index contributed by atoms with van der Waals surface area (Å²) in [7, 11) is 0. The van der Waals surface area contributed by atoms with Gasteiger partial charge in [-0.15, -0.1) is 0 Å². The highest BCUT2D eigenvalue weighted by molar-refractivity contribution is 5.51. The van der Waals surface area contributed by atoms with E-state index in [1.807, 2.05) is 0 Å². The van der Waals surface area contributed by atoms with E-state index in [0.29, 0.717) is 5.69 Å². The first-order valence-electron chi connectivity index (χ1n) is 5.68. The summed E-state index contributed by atoms with van der Waals surface area (Å²) in [4.78, 5) is 4.11. The van der Waals surface area contributed by atoms with Gasteiger partial charge in [-0.05, 0) is 31.2 Å². The van der Waals surface area contributed by atoms with Gasteiger partial charge in [0.25, 0.3) is 0 Å². The van der Waals surface area contributed by atoms with Crippen molar-refractivity contribution in [2.45, 2.75) is 13.0 Å². The van der Waals surface area contributed by atoms with Crippen molar-refractivity contribution in [1.82, 2.24) is 4.98 Å². The first-order valence-corrected chi connectivity index (χ1v) is 5.68. The molecule has 3 nitrogen and oxygen atoms in total. The number of nitriles is 1. The quantitative estimate of drug-likeness (QED) is 0.918. The summed E-state index contributed by atoms with van der Waals surface area (Å²) in [6.07, 6.45) is 1.61. The molecule has 1 N–H and O–H groups in total. The summed E-state index contributed by atoms with van der Waals surface area (Å²) in [6.45, 7) is 1.75. The molecule has 1 heterocycles. The zero-order valence-corrected chi connectivity index (χ0v) is 10.2. The molecule has 1 atom stereocenters. The van der Waals surface area contributed by atoms with Crippen molar-refractivity contribution in [3.8, 4) is 6.07 Å². The van der Waals surface area contributed by atoms with Crippen LogP contribution in [0.15, 0.2) is 36.5 Å². The Morgan fingerprint density at radius 3 is 2.47 bits per heavy atom. The molecule has 0 saturated heterocycles. The Hall–Kier alpha value is -2.48. The van der Waals surface area contributed by atoms with Gasteiger partial charge in [0.15, 0.2) is 11.6 Å². The molecule has 5 heteroatoms. The van der Waals surface area contributed by atoms with E-state index in [2.05, 4.69) is 10.3 Å². The van der Waals surface area contributed by atoms with Crippen LogP contribution in [0, 0.1) is 23.0 Å². The molecule has 0 spiro atoms. The minimum atomic E-state index is -0.792. The van der Waals surface area contributed by atoms with E-state index < -0.39 is 11.6 Å². The highest BCUT2D eigenvalue weighted by Crippen LogP contribution is 2.24. The van der Waals surface area contributed by atoms with Crippen LogP contribution in [0.3, 0.4) is 0 Å². The average molecular weight is 259 g/mol. The van der Waals surface area contributed by atoms with Crippen molar-refractivity contribution >= 4 is 5.69 Å². The van der Waals surface area contributed by atoms with E-state index in [1.54, 1.807) is 37.4 Å². The molecule has 0 saturated carbocycles. The molecular formula is C14H11F2N3. The lowest BCUT2D eigenvalue weighted by molar-refractivity contribution is 0.583. The van der Waals surface area contributed by atoms with Gasteiger partial charge in [0.05, 0.1) is 23.4 Å². The summed E-state index contributed by atoms with van der Waals surface area (Å²) >= 11 is 0. The number of nitrogens with one attached hydrogen (secondary N) is 1. The predicted molar refractivity (Wildman–Crippen MR) is 67.3 cm³/mol. The molecule has 0 radical (unpaired) electrons.